The van der Waals surface area contributed by atoms with Crippen LogP contribution in [0.3, 0.4) is 0 Å². The summed E-state index contributed by atoms with van der Waals surface area (Å²) in [7, 11) is 1.62. The highest BCUT2D eigenvalue weighted by Crippen LogP contribution is 2.20. The van der Waals surface area contributed by atoms with Gasteiger partial charge in [0.05, 0.1) is 13.7 Å². The Morgan fingerprint density at radius 2 is 2.15 bits per heavy atom. The summed E-state index contributed by atoms with van der Waals surface area (Å²) in [5.74, 6) is 1.44. The Balaban J connectivity index is 1.89. The number of nitrogens with zero attached hydrogens (tertiary/aromatic N) is 1. The normalized spacial score (nSPS) is 19.8. The van der Waals surface area contributed by atoms with Crippen LogP contribution in [0.2, 0.25) is 0 Å². The Hall–Kier alpha value is -1.39. The molecule has 1 atom stereocenters. The first-order chi connectivity index (χ1) is 9.72. The van der Waals surface area contributed by atoms with Gasteiger partial charge in [0.1, 0.15) is 5.75 Å². The van der Waals surface area contributed by atoms with Gasteiger partial charge >= 0.3 is 0 Å². The number of likely N-dealkylation sites (tertiary alicyclic amines) is 1. The number of methoxy groups -OCH3 is 1. The van der Waals surface area contributed by atoms with Crippen molar-refractivity contribution in [2.24, 2.45) is 5.92 Å². The first kappa shape index (κ1) is 15.0. The number of hydrogen-bond acceptors (Lipinski definition) is 4. The molecule has 1 fully saturated rings. The Kier molecular flexibility index (Phi) is 5.56. The van der Waals surface area contributed by atoms with Gasteiger partial charge in [-0.1, -0.05) is 0 Å². The number of carbonyl (C=O) groups is 1. The topological polar surface area (TPSA) is 49.8 Å². The maximum Gasteiger partial charge on any atom is 0.176 e. The predicted molar refractivity (Wildman–Crippen MR) is 78.2 cm³/mol. The number of aliphatic hydroxyl groups excluding tert-OH is 1. The van der Waals surface area contributed by atoms with Crippen LogP contribution >= 0.6 is 0 Å². The first-order valence-electron chi connectivity index (χ1n) is 7.23. The second-order valence-corrected chi connectivity index (χ2v) is 5.41. The number of aliphatic hydroxyl groups is 1. The van der Waals surface area contributed by atoms with Crippen molar-refractivity contribution in [2.75, 3.05) is 33.4 Å². The third-order valence-corrected chi connectivity index (χ3v) is 3.92. The Labute approximate surface area is 120 Å². The summed E-state index contributed by atoms with van der Waals surface area (Å²) in [4.78, 5) is 14.4. The van der Waals surface area contributed by atoms with E-state index in [0.29, 0.717) is 12.5 Å². The summed E-state index contributed by atoms with van der Waals surface area (Å²) in [5, 5.41) is 9.02. The zero-order valence-corrected chi connectivity index (χ0v) is 12.0. The first-order valence-corrected chi connectivity index (χ1v) is 7.23. The van der Waals surface area contributed by atoms with Gasteiger partial charge in [0.2, 0.25) is 0 Å². The van der Waals surface area contributed by atoms with E-state index in [4.69, 9.17) is 9.84 Å². The Bertz CT molecular complexity index is 428. The van der Waals surface area contributed by atoms with Crippen LogP contribution in [0.1, 0.15) is 29.6 Å². The van der Waals surface area contributed by atoms with Crippen LogP contribution in [0.25, 0.3) is 0 Å². The molecule has 0 aromatic heterocycles. The highest BCUT2D eigenvalue weighted by Gasteiger charge is 2.21. The van der Waals surface area contributed by atoms with E-state index in [2.05, 4.69) is 4.90 Å². The third-order valence-electron chi connectivity index (χ3n) is 3.92. The van der Waals surface area contributed by atoms with Gasteiger partial charge in [0.15, 0.2) is 5.78 Å². The van der Waals surface area contributed by atoms with E-state index >= 15 is 0 Å². The molecule has 1 unspecified atom stereocenters. The predicted octanol–water partition coefficient (Wildman–Crippen LogP) is 1.97. The van der Waals surface area contributed by atoms with Crippen LogP contribution in [-0.4, -0.2) is 49.1 Å². The highest BCUT2D eigenvalue weighted by atomic mass is 16.5. The Morgan fingerprint density at radius 3 is 2.80 bits per heavy atom. The number of ether oxygens (including phenoxy) is 1. The molecule has 0 bridgehead atoms. The summed E-state index contributed by atoms with van der Waals surface area (Å²) in [6.07, 6.45) is 3.11. The molecule has 2 rings (SSSR count). The maximum absolute atomic E-state index is 12.2. The minimum atomic E-state index is 0.150. The lowest BCUT2D eigenvalue weighted by molar-refractivity contribution is 0.0871. The average molecular weight is 277 g/mol. The summed E-state index contributed by atoms with van der Waals surface area (Å²) in [6, 6.07) is 7.27. The number of ketones is 1. The van der Waals surface area contributed by atoms with Crippen molar-refractivity contribution in [3.63, 3.8) is 0 Å². The van der Waals surface area contributed by atoms with Gasteiger partial charge in [-0.3, -0.25) is 9.69 Å². The number of carbonyl (C=O) groups excluding carboxylic acids is 1. The number of rotatable bonds is 6. The van der Waals surface area contributed by atoms with Crippen molar-refractivity contribution >= 4 is 5.78 Å². The highest BCUT2D eigenvalue weighted by molar-refractivity contribution is 5.97. The molecular formula is C16H23NO3. The lowest BCUT2D eigenvalue weighted by Gasteiger charge is -2.31. The van der Waals surface area contributed by atoms with Gasteiger partial charge in [-0.15, -0.1) is 0 Å². The molecule has 1 heterocycles. The standard InChI is InChI=1S/C16H23NO3/c1-20-15-6-4-14(5-7-15)16(19)12-17-9-2-3-13(11-17)8-10-18/h4-7,13,18H,2-3,8-12H2,1H3. The number of benzene rings is 1. The second kappa shape index (κ2) is 7.41. The molecule has 0 radical (unpaired) electrons. The fraction of sp³-hybridized carbons (Fsp3) is 0.562. The molecule has 1 N–H and O–H groups in total. The van der Waals surface area contributed by atoms with Gasteiger partial charge in [-0.25, -0.2) is 0 Å². The van der Waals surface area contributed by atoms with E-state index in [9.17, 15) is 4.79 Å². The van der Waals surface area contributed by atoms with Crippen LogP contribution in [0, 0.1) is 5.92 Å². The van der Waals surface area contributed by atoms with Crippen LogP contribution in [0.4, 0.5) is 0 Å². The fourth-order valence-electron chi connectivity index (χ4n) is 2.78. The van der Waals surface area contributed by atoms with E-state index in [1.807, 2.05) is 24.3 Å². The molecule has 1 aromatic rings. The van der Waals surface area contributed by atoms with Crippen LogP contribution < -0.4 is 4.74 Å². The number of hydrogen-bond donors (Lipinski definition) is 1. The van der Waals surface area contributed by atoms with Crippen molar-refractivity contribution in [3.05, 3.63) is 29.8 Å². The Morgan fingerprint density at radius 1 is 1.40 bits per heavy atom. The molecule has 110 valence electrons. The van der Waals surface area contributed by atoms with Crippen molar-refractivity contribution < 1.29 is 14.6 Å². The lowest BCUT2D eigenvalue weighted by Crippen LogP contribution is -2.39. The number of piperidine rings is 1. The quantitative estimate of drug-likeness (QED) is 0.808. The van der Waals surface area contributed by atoms with Crippen LogP contribution in [0.5, 0.6) is 5.75 Å². The molecule has 0 spiro atoms. The molecule has 1 aromatic carbocycles. The van der Waals surface area contributed by atoms with E-state index in [1.165, 1.54) is 0 Å². The maximum atomic E-state index is 12.2. The molecule has 1 aliphatic rings. The molecule has 0 amide bonds. The van der Waals surface area contributed by atoms with Crippen LogP contribution in [0.15, 0.2) is 24.3 Å². The SMILES string of the molecule is COc1ccc(C(=O)CN2CCCC(CCO)C2)cc1. The van der Waals surface area contributed by atoms with E-state index in [-0.39, 0.29) is 12.4 Å². The molecule has 1 aliphatic heterocycles. The zero-order valence-electron chi connectivity index (χ0n) is 12.0. The van der Waals surface area contributed by atoms with E-state index < -0.39 is 0 Å². The summed E-state index contributed by atoms with van der Waals surface area (Å²) >= 11 is 0. The third kappa shape index (κ3) is 4.05. The molecule has 0 aliphatic carbocycles. The summed E-state index contributed by atoms with van der Waals surface area (Å²) in [5.41, 5.74) is 0.732. The van der Waals surface area contributed by atoms with Gasteiger partial charge in [0, 0.05) is 18.7 Å². The van der Waals surface area contributed by atoms with Crippen LogP contribution in [-0.2, 0) is 0 Å². The van der Waals surface area contributed by atoms with Gasteiger partial charge in [0.25, 0.3) is 0 Å². The minimum absolute atomic E-state index is 0.150. The van der Waals surface area contributed by atoms with Crippen molar-refractivity contribution in [1.29, 1.82) is 0 Å². The van der Waals surface area contributed by atoms with Crippen molar-refractivity contribution in [3.8, 4) is 5.75 Å². The summed E-state index contributed by atoms with van der Waals surface area (Å²) < 4.78 is 5.09. The van der Waals surface area contributed by atoms with Gasteiger partial charge < -0.3 is 9.84 Å². The largest absolute Gasteiger partial charge is 0.497 e. The molecule has 0 saturated carbocycles. The molecule has 20 heavy (non-hydrogen) atoms. The molecule has 1 saturated heterocycles. The molecule has 4 nitrogen and oxygen atoms in total. The zero-order chi connectivity index (χ0) is 14.4. The fourth-order valence-corrected chi connectivity index (χ4v) is 2.78. The summed E-state index contributed by atoms with van der Waals surface area (Å²) in [6.45, 7) is 2.60. The number of Topliss-reactive ketones (excluding diaryl/α,β-unsaturated/α-hetero) is 1. The average Bonchev–Trinajstić information content (AvgIpc) is 2.48. The minimum Gasteiger partial charge on any atom is -0.497 e. The van der Waals surface area contributed by atoms with E-state index in [0.717, 1.165) is 43.7 Å². The second-order valence-electron chi connectivity index (χ2n) is 5.41. The van der Waals surface area contributed by atoms with E-state index in [1.54, 1.807) is 7.11 Å². The smallest absolute Gasteiger partial charge is 0.176 e. The van der Waals surface area contributed by atoms with Crippen molar-refractivity contribution in [1.82, 2.24) is 4.90 Å². The lowest BCUT2D eigenvalue weighted by atomic mass is 9.95. The molecular weight excluding hydrogens is 254 g/mol. The molecule has 4 heteroatoms. The van der Waals surface area contributed by atoms with Gasteiger partial charge in [-0.2, -0.15) is 0 Å². The monoisotopic (exact) mass is 277 g/mol. The van der Waals surface area contributed by atoms with Gasteiger partial charge in [-0.05, 0) is 56.0 Å². The van der Waals surface area contributed by atoms with Crippen molar-refractivity contribution in [2.45, 2.75) is 19.3 Å².